The van der Waals surface area contributed by atoms with Crippen molar-refractivity contribution in [2.24, 2.45) is 0 Å². The molecular weight excluding hydrogens is 362 g/mol. The lowest BCUT2D eigenvalue weighted by Gasteiger charge is -2.32. The summed E-state index contributed by atoms with van der Waals surface area (Å²) in [7, 11) is 0. The van der Waals surface area contributed by atoms with Gasteiger partial charge in [-0.05, 0) is 56.5 Å². The van der Waals surface area contributed by atoms with E-state index in [0.29, 0.717) is 19.5 Å². The minimum atomic E-state index is 0.189. The quantitative estimate of drug-likeness (QED) is 0.784. The van der Waals surface area contributed by atoms with Gasteiger partial charge < -0.3 is 9.32 Å². The number of benzene rings is 1. The molecule has 2 aliphatic heterocycles. The Kier molecular flexibility index (Phi) is 5.79. The van der Waals surface area contributed by atoms with Crippen LogP contribution in [-0.4, -0.2) is 53.4 Å². The van der Waals surface area contributed by atoms with Gasteiger partial charge in [0.1, 0.15) is 5.76 Å². The third-order valence-electron chi connectivity index (χ3n) is 5.52. The molecule has 27 heavy (non-hydrogen) atoms. The summed E-state index contributed by atoms with van der Waals surface area (Å²) in [6, 6.07) is 7.79. The molecule has 2 aromatic rings. The molecule has 0 saturated carbocycles. The normalized spacial score (nSPS) is 20.9. The van der Waals surface area contributed by atoms with Crippen LogP contribution in [0.3, 0.4) is 0 Å². The topological polar surface area (TPSA) is 49.6 Å². The van der Waals surface area contributed by atoms with Gasteiger partial charge in [-0.1, -0.05) is 23.7 Å². The van der Waals surface area contributed by atoms with Crippen LogP contribution in [-0.2, 0) is 11.2 Å². The highest BCUT2D eigenvalue weighted by Gasteiger charge is 2.29. The Balaban J connectivity index is 1.36. The van der Waals surface area contributed by atoms with Crippen molar-refractivity contribution in [3.8, 4) is 0 Å². The number of aromatic nitrogens is 1. The van der Waals surface area contributed by atoms with Crippen LogP contribution in [0.5, 0.6) is 0 Å². The lowest BCUT2D eigenvalue weighted by molar-refractivity contribution is -0.133. The van der Waals surface area contributed by atoms with Gasteiger partial charge >= 0.3 is 0 Å². The highest BCUT2D eigenvalue weighted by Crippen LogP contribution is 2.27. The summed E-state index contributed by atoms with van der Waals surface area (Å²) in [4.78, 5) is 21.4. The molecule has 2 aliphatic rings. The summed E-state index contributed by atoms with van der Waals surface area (Å²) in [5.41, 5.74) is 1.11. The van der Waals surface area contributed by atoms with Crippen molar-refractivity contribution >= 4 is 17.5 Å². The molecule has 3 heterocycles. The lowest BCUT2D eigenvalue weighted by Crippen LogP contribution is -2.44. The Hall–Kier alpha value is -1.85. The second kappa shape index (κ2) is 8.44. The van der Waals surface area contributed by atoms with Gasteiger partial charge in [0.25, 0.3) is 0 Å². The van der Waals surface area contributed by atoms with Crippen LogP contribution >= 0.6 is 11.6 Å². The van der Waals surface area contributed by atoms with E-state index in [9.17, 15) is 4.79 Å². The van der Waals surface area contributed by atoms with E-state index in [1.807, 2.05) is 29.2 Å². The van der Waals surface area contributed by atoms with Gasteiger partial charge in [0, 0.05) is 24.5 Å². The van der Waals surface area contributed by atoms with E-state index in [1.54, 1.807) is 6.20 Å². The van der Waals surface area contributed by atoms with Crippen molar-refractivity contribution in [2.75, 3.05) is 32.7 Å². The number of hydrogen-bond donors (Lipinski definition) is 0. The summed E-state index contributed by atoms with van der Waals surface area (Å²) in [6.07, 6.45) is 6.93. The Morgan fingerprint density at radius 3 is 2.89 bits per heavy atom. The number of nitrogens with zero attached hydrogens (tertiary/aromatic N) is 3. The van der Waals surface area contributed by atoms with Crippen molar-refractivity contribution in [1.82, 2.24) is 14.8 Å². The Bertz CT molecular complexity index is 785. The van der Waals surface area contributed by atoms with Gasteiger partial charge in [0.15, 0.2) is 5.89 Å². The maximum Gasteiger partial charge on any atom is 0.236 e. The fraction of sp³-hybridized carbons (Fsp3) is 0.524. The highest BCUT2D eigenvalue weighted by molar-refractivity contribution is 6.30. The van der Waals surface area contributed by atoms with Gasteiger partial charge in [-0.2, -0.15) is 0 Å². The van der Waals surface area contributed by atoms with Crippen molar-refractivity contribution in [3.63, 3.8) is 0 Å². The summed E-state index contributed by atoms with van der Waals surface area (Å²) >= 11 is 6.06. The first kappa shape index (κ1) is 18.5. The Morgan fingerprint density at radius 1 is 1.22 bits per heavy atom. The molecule has 1 amide bonds. The maximum absolute atomic E-state index is 12.6. The molecule has 0 bridgehead atoms. The molecule has 2 saturated heterocycles. The summed E-state index contributed by atoms with van der Waals surface area (Å²) in [5, 5.41) is 0.728. The maximum atomic E-state index is 12.6. The van der Waals surface area contributed by atoms with Gasteiger partial charge in [-0.15, -0.1) is 0 Å². The molecule has 0 aliphatic carbocycles. The van der Waals surface area contributed by atoms with Gasteiger partial charge in [-0.3, -0.25) is 9.69 Å². The molecule has 1 aromatic carbocycles. The van der Waals surface area contributed by atoms with Crippen LogP contribution in [0.2, 0.25) is 5.02 Å². The lowest BCUT2D eigenvalue weighted by atomic mass is 9.98. The first-order valence-corrected chi connectivity index (χ1v) is 10.2. The smallest absolute Gasteiger partial charge is 0.236 e. The predicted octanol–water partition coefficient (Wildman–Crippen LogP) is 3.72. The first-order valence-electron chi connectivity index (χ1n) is 9.86. The zero-order valence-corrected chi connectivity index (χ0v) is 16.3. The number of amides is 1. The molecule has 144 valence electrons. The van der Waals surface area contributed by atoms with Crippen LogP contribution in [0.4, 0.5) is 0 Å². The number of hydrogen-bond acceptors (Lipinski definition) is 4. The van der Waals surface area contributed by atoms with Crippen LogP contribution in [0, 0.1) is 0 Å². The molecule has 4 rings (SSSR count). The molecule has 1 atom stereocenters. The number of oxazole rings is 1. The van der Waals surface area contributed by atoms with Crippen molar-refractivity contribution in [3.05, 3.63) is 52.7 Å². The van der Waals surface area contributed by atoms with E-state index in [0.717, 1.165) is 54.7 Å². The summed E-state index contributed by atoms with van der Waals surface area (Å²) < 4.78 is 6.03. The number of rotatable bonds is 5. The van der Waals surface area contributed by atoms with Crippen molar-refractivity contribution < 1.29 is 9.21 Å². The molecule has 0 unspecified atom stereocenters. The zero-order chi connectivity index (χ0) is 18.6. The Labute approximate surface area is 165 Å². The minimum Gasteiger partial charge on any atom is -0.445 e. The standard InChI is InChI=1S/C21H26ClN3O2/c22-18-7-3-5-16(11-18)12-19-13-23-21(27-19)17-6-4-10-25(14-17)20(26)15-24-8-1-2-9-24/h3,5,7,11,13,17H,1-2,4,6,8-10,12,14-15H2/t17-/m0/s1. The third-order valence-corrected chi connectivity index (χ3v) is 5.75. The molecule has 0 spiro atoms. The SMILES string of the molecule is O=C(CN1CCCC1)N1CCC[C@H](c2ncc(Cc3cccc(Cl)c3)o2)C1. The van der Waals surface area contributed by atoms with E-state index in [2.05, 4.69) is 9.88 Å². The van der Waals surface area contributed by atoms with E-state index < -0.39 is 0 Å². The largest absolute Gasteiger partial charge is 0.445 e. The molecule has 1 aromatic heterocycles. The molecule has 5 nitrogen and oxygen atoms in total. The van der Waals surface area contributed by atoms with Gasteiger partial charge in [0.05, 0.1) is 18.7 Å². The molecule has 0 N–H and O–H groups in total. The fourth-order valence-electron chi connectivity index (χ4n) is 4.08. The van der Waals surface area contributed by atoms with Crippen LogP contribution in [0.15, 0.2) is 34.9 Å². The second-order valence-electron chi connectivity index (χ2n) is 7.63. The summed E-state index contributed by atoms with van der Waals surface area (Å²) in [6.45, 7) is 4.21. The minimum absolute atomic E-state index is 0.189. The summed E-state index contributed by atoms with van der Waals surface area (Å²) in [5.74, 6) is 2.03. The number of likely N-dealkylation sites (tertiary alicyclic amines) is 2. The third kappa shape index (κ3) is 4.71. The monoisotopic (exact) mass is 387 g/mol. The van der Waals surface area contributed by atoms with Crippen LogP contribution < -0.4 is 0 Å². The van der Waals surface area contributed by atoms with E-state index in [1.165, 1.54) is 12.8 Å². The van der Waals surface area contributed by atoms with Crippen molar-refractivity contribution in [1.29, 1.82) is 0 Å². The number of carbonyl (C=O) groups excluding carboxylic acids is 1. The highest BCUT2D eigenvalue weighted by atomic mass is 35.5. The van der Waals surface area contributed by atoms with Crippen molar-refractivity contribution in [2.45, 2.75) is 38.0 Å². The van der Waals surface area contributed by atoms with Gasteiger partial charge in [-0.25, -0.2) is 4.98 Å². The van der Waals surface area contributed by atoms with Crippen LogP contribution in [0.1, 0.15) is 48.8 Å². The Morgan fingerprint density at radius 2 is 2.07 bits per heavy atom. The average molecular weight is 388 g/mol. The molecule has 0 radical (unpaired) electrons. The average Bonchev–Trinajstić information content (AvgIpc) is 3.34. The molecule has 6 heteroatoms. The van der Waals surface area contributed by atoms with Crippen LogP contribution in [0.25, 0.3) is 0 Å². The molecular formula is C21H26ClN3O2. The first-order chi connectivity index (χ1) is 13.2. The second-order valence-corrected chi connectivity index (χ2v) is 8.07. The van der Waals surface area contributed by atoms with E-state index in [-0.39, 0.29) is 11.8 Å². The zero-order valence-electron chi connectivity index (χ0n) is 15.6. The van der Waals surface area contributed by atoms with E-state index in [4.69, 9.17) is 16.0 Å². The molecule has 2 fully saturated rings. The number of halogens is 1. The number of piperidine rings is 1. The van der Waals surface area contributed by atoms with Gasteiger partial charge in [0.2, 0.25) is 5.91 Å². The fourth-order valence-corrected chi connectivity index (χ4v) is 4.29. The predicted molar refractivity (Wildman–Crippen MR) is 105 cm³/mol. The number of carbonyl (C=O) groups is 1. The van der Waals surface area contributed by atoms with E-state index >= 15 is 0 Å².